The average Bonchev–Trinajstić information content (AvgIpc) is 2.34. The van der Waals surface area contributed by atoms with Gasteiger partial charge in [0.2, 0.25) is 0 Å². The molecule has 0 bridgehead atoms. The second-order valence-electron chi connectivity index (χ2n) is 5.54. The average molecular weight is 277 g/mol. The molecule has 0 saturated heterocycles. The molecular weight excluding hydrogens is 246 g/mol. The zero-order valence-corrected chi connectivity index (χ0v) is 13.1. The minimum atomic E-state index is -0.279. The van der Waals surface area contributed by atoms with E-state index in [1.807, 2.05) is 13.8 Å². The Hall–Kier alpha value is -0.200. The van der Waals surface area contributed by atoms with E-state index >= 15 is 0 Å². The van der Waals surface area contributed by atoms with Crippen LogP contribution in [-0.4, -0.2) is 49.8 Å². The summed E-state index contributed by atoms with van der Waals surface area (Å²) in [7, 11) is 1.73. The van der Waals surface area contributed by atoms with E-state index in [9.17, 15) is 0 Å². The van der Waals surface area contributed by atoms with Crippen molar-refractivity contribution in [1.29, 1.82) is 0 Å². The third-order valence-electron chi connectivity index (χ3n) is 3.37. The van der Waals surface area contributed by atoms with Gasteiger partial charge in [0.25, 0.3) is 0 Å². The fourth-order valence-corrected chi connectivity index (χ4v) is 1.67. The number of ether oxygens (including phenoxy) is 2. The Morgan fingerprint density at radius 2 is 1.68 bits per heavy atom. The molecule has 0 aliphatic rings. The maximum absolute atomic E-state index is 8.95. The zero-order valence-electron chi connectivity index (χ0n) is 13.1. The van der Waals surface area contributed by atoms with E-state index < -0.39 is 0 Å². The second-order valence-corrected chi connectivity index (χ2v) is 5.54. The molecule has 0 aromatic rings. The zero-order chi connectivity index (χ0) is 14.8. The van der Waals surface area contributed by atoms with E-state index in [4.69, 9.17) is 19.4 Å². The molecule has 0 amide bonds. The van der Waals surface area contributed by atoms with Gasteiger partial charge in [-0.3, -0.25) is 4.84 Å². The molecule has 116 valence electrons. The van der Waals surface area contributed by atoms with Crippen molar-refractivity contribution < 1.29 is 19.4 Å². The largest absolute Gasteiger partial charge is 0.396 e. The summed E-state index contributed by atoms with van der Waals surface area (Å²) in [6.07, 6.45) is 2.40. The summed E-state index contributed by atoms with van der Waals surface area (Å²) in [6, 6.07) is 0. The molecule has 0 aliphatic heterocycles. The number of hydrogen-bond donors (Lipinski definition) is 2. The van der Waals surface area contributed by atoms with Crippen molar-refractivity contribution in [3.05, 3.63) is 0 Å². The molecule has 1 atom stereocenters. The molecule has 2 N–H and O–H groups in total. The molecule has 0 rings (SSSR count). The van der Waals surface area contributed by atoms with Gasteiger partial charge in [-0.05, 0) is 40.0 Å². The summed E-state index contributed by atoms with van der Waals surface area (Å²) in [4.78, 5) is 5.03. The van der Waals surface area contributed by atoms with Gasteiger partial charge in [-0.1, -0.05) is 6.92 Å². The quantitative estimate of drug-likeness (QED) is 0.421. The molecule has 0 spiro atoms. The SMILES string of the molecule is CCC(C)(CCOC(C)(C)CCO)OCCONC. The first-order chi connectivity index (χ1) is 8.89. The van der Waals surface area contributed by atoms with Gasteiger partial charge in [-0.25, -0.2) is 5.48 Å². The molecule has 0 radical (unpaired) electrons. The Kier molecular flexibility index (Phi) is 9.56. The summed E-state index contributed by atoms with van der Waals surface area (Å²) < 4.78 is 11.7. The summed E-state index contributed by atoms with van der Waals surface area (Å²) in [5.74, 6) is 0. The molecule has 1 unspecified atom stereocenters. The molecule has 0 heterocycles. The van der Waals surface area contributed by atoms with Crippen LogP contribution in [0.1, 0.15) is 47.0 Å². The minimum absolute atomic E-state index is 0.149. The van der Waals surface area contributed by atoms with E-state index in [0.717, 1.165) is 12.8 Å². The van der Waals surface area contributed by atoms with Gasteiger partial charge in [0, 0.05) is 13.7 Å². The fourth-order valence-electron chi connectivity index (χ4n) is 1.67. The highest BCUT2D eigenvalue weighted by molar-refractivity contribution is 4.75. The molecule has 0 aliphatic carbocycles. The Morgan fingerprint density at radius 3 is 2.21 bits per heavy atom. The van der Waals surface area contributed by atoms with E-state index in [1.165, 1.54) is 0 Å². The predicted octanol–water partition coefficient (Wildman–Crippen LogP) is 1.89. The Labute approximate surface area is 117 Å². The number of rotatable bonds is 12. The summed E-state index contributed by atoms with van der Waals surface area (Å²) in [5.41, 5.74) is 2.15. The van der Waals surface area contributed by atoms with Gasteiger partial charge in [-0.15, -0.1) is 0 Å². The molecule has 19 heavy (non-hydrogen) atoms. The normalized spacial score (nSPS) is 15.5. The predicted molar refractivity (Wildman–Crippen MR) is 76.0 cm³/mol. The fraction of sp³-hybridized carbons (Fsp3) is 1.00. The lowest BCUT2D eigenvalue weighted by Gasteiger charge is -2.31. The maximum Gasteiger partial charge on any atom is 0.0916 e. The molecular formula is C14H31NO4. The monoisotopic (exact) mass is 277 g/mol. The number of nitrogens with one attached hydrogen (secondary N) is 1. The van der Waals surface area contributed by atoms with E-state index in [-0.39, 0.29) is 17.8 Å². The second kappa shape index (κ2) is 9.66. The van der Waals surface area contributed by atoms with E-state index in [1.54, 1.807) is 7.05 Å². The van der Waals surface area contributed by atoms with Gasteiger partial charge in [0.1, 0.15) is 0 Å². The van der Waals surface area contributed by atoms with Gasteiger partial charge < -0.3 is 14.6 Å². The van der Waals surface area contributed by atoms with Crippen molar-refractivity contribution in [1.82, 2.24) is 5.48 Å². The topological polar surface area (TPSA) is 60.0 Å². The lowest BCUT2D eigenvalue weighted by molar-refractivity contribution is -0.102. The summed E-state index contributed by atoms with van der Waals surface area (Å²) in [5, 5.41) is 8.95. The van der Waals surface area contributed by atoms with Crippen molar-refractivity contribution >= 4 is 0 Å². The van der Waals surface area contributed by atoms with Crippen LogP contribution in [-0.2, 0) is 14.3 Å². The Balaban J connectivity index is 3.96. The minimum Gasteiger partial charge on any atom is -0.396 e. The first-order valence-electron chi connectivity index (χ1n) is 7.06. The van der Waals surface area contributed by atoms with Crippen molar-refractivity contribution in [2.75, 3.05) is 33.5 Å². The highest BCUT2D eigenvalue weighted by Crippen LogP contribution is 2.22. The molecule has 5 nitrogen and oxygen atoms in total. The van der Waals surface area contributed by atoms with Crippen LogP contribution in [0.15, 0.2) is 0 Å². The first-order valence-corrected chi connectivity index (χ1v) is 7.06. The van der Waals surface area contributed by atoms with Crippen LogP contribution in [0.25, 0.3) is 0 Å². The summed E-state index contributed by atoms with van der Waals surface area (Å²) in [6.45, 7) is 10.1. The third-order valence-corrected chi connectivity index (χ3v) is 3.37. The number of hydroxylamine groups is 1. The van der Waals surface area contributed by atoms with Crippen molar-refractivity contribution in [2.24, 2.45) is 0 Å². The lowest BCUT2D eigenvalue weighted by Crippen LogP contribution is -2.34. The van der Waals surface area contributed by atoms with Crippen LogP contribution in [0.4, 0.5) is 0 Å². The van der Waals surface area contributed by atoms with Gasteiger partial charge in [0.05, 0.1) is 31.0 Å². The lowest BCUT2D eigenvalue weighted by atomic mass is 9.99. The van der Waals surface area contributed by atoms with Crippen LogP contribution in [0.2, 0.25) is 0 Å². The third kappa shape index (κ3) is 9.35. The first kappa shape index (κ1) is 18.8. The molecule has 0 aromatic carbocycles. The molecule has 0 aromatic heterocycles. The van der Waals surface area contributed by atoms with Crippen LogP contribution in [0.3, 0.4) is 0 Å². The van der Waals surface area contributed by atoms with Crippen molar-refractivity contribution in [3.63, 3.8) is 0 Å². The standard InChI is InChI=1S/C14H31NO4/c1-6-14(4,18-11-12-19-15-5)8-10-17-13(2,3)7-9-16/h15-16H,6-12H2,1-5H3. The molecule has 5 heteroatoms. The maximum atomic E-state index is 8.95. The number of aliphatic hydroxyl groups excluding tert-OH is 1. The summed E-state index contributed by atoms with van der Waals surface area (Å²) >= 11 is 0. The van der Waals surface area contributed by atoms with Crippen molar-refractivity contribution in [2.45, 2.75) is 58.2 Å². The van der Waals surface area contributed by atoms with Crippen LogP contribution < -0.4 is 5.48 Å². The number of aliphatic hydroxyl groups is 1. The van der Waals surface area contributed by atoms with Crippen LogP contribution >= 0.6 is 0 Å². The van der Waals surface area contributed by atoms with E-state index in [2.05, 4.69) is 19.3 Å². The van der Waals surface area contributed by atoms with Crippen molar-refractivity contribution in [3.8, 4) is 0 Å². The smallest absolute Gasteiger partial charge is 0.0916 e. The van der Waals surface area contributed by atoms with Crippen LogP contribution in [0, 0.1) is 0 Å². The highest BCUT2D eigenvalue weighted by atomic mass is 16.7. The van der Waals surface area contributed by atoms with Gasteiger partial charge >= 0.3 is 0 Å². The van der Waals surface area contributed by atoms with E-state index in [0.29, 0.717) is 26.2 Å². The highest BCUT2D eigenvalue weighted by Gasteiger charge is 2.25. The Morgan fingerprint density at radius 1 is 1.00 bits per heavy atom. The van der Waals surface area contributed by atoms with Gasteiger partial charge in [0.15, 0.2) is 0 Å². The van der Waals surface area contributed by atoms with Crippen LogP contribution in [0.5, 0.6) is 0 Å². The number of hydrogen-bond acceptors (Lipinski definition) is 5. The van der Waals surface area contributed by atoms with Gasteiger partial charge in [-0.2, -0.15) is 0 Å². The molecule has 0 saturated carbocycles. The Bertz CT molecular complexity index is 223. The molecule has 0 fully saturated rings.